The monoisotopic (exact) mass is 304 g/mol. The molecule has 0 fully saturated rings. The van der Waals surface area contributed by atoms with Crippen LogP contribution in [0.2, 0.25) is 0 Å². The zero-order chi connectivity index (χ0) is 12.5. The minimum Gasteiger partial charge on any atom is -0.388 e. The molecule has 0 aliphatic heterocycles. The lowest BCUT2D eigenvalue weighted by Gasteiger charge is -2.07. The van der Waals surface area contributed by atoms with Gasteiger partial charge in [-0.2, -0.15) is 9.37 Å². The molecule has 1 rings (SSSR count). The number of rotatable bonds is 2. The van der Waals surface area contributed by atoms with Crippen molar-refractivity contribution in [2.75, 3.05) is 0 Å². The number of hydrogen-bond acceptors (Lipinski definition) is 4. The van der Waals surface area contributed by atoms with Crippen LogP contribution < -0.4 is 4.74 Å². The molecule has 0 aromatic carbocycles. The van der Waals surface area contributed by atoms with Crippen LogP contribution in [0.25, 0.3) is 0 Å². The Morgan fingerprint density at radius 3 is 2.44 bits per heavy atom. The van der Waals surface area contributed by atoms with Gasteiger partial charge in [-0.1, -0.05) is 0 Å². The molecule has 1 heterocycles. The smallest absolute Gasteiger partial charge is 0.388 e. The lowest BCUT2D eigenvalue weighted by atomic mass is 10.4. The van der Waals surface area contributed by atoms with E-state index in [1.807, 2.05) is 0 Å². The summed E-state index contributed by atoms with van der Waals surface area (Å²) in [4.78, 5) is 11.8. The fourth-order valence-corrected chi connectivity index (χ4v) is 1.29. The van der Waals surface area contributed by atoms with E-state index >= 15 is 0 Å². The van der Waals surface area contributed by atoms with Gasteiger partial charge in [0, 0.05) is 6.07 Å². The lowest BCUT2D eigenvalue weighted by molar-refractivity contribution is -0.389. The number of aromatic nitrogens is 1. The molecule has 0 aliphatic rings. The Bertz CT molecular complexity index is 413. The van der Waals surface area contributed by atoms with Crippen LogP contribution in [0.15, 0.2) is 10.5 Å². The second-order valence-electron chi connectivity index (χ2n) is 2.39. The first-order chi connectivity index (χ1) is 7.20. The van der Waals surface area contributed by atoms with Crippen molar-refractivity contribution < 1.29 is 27.2 Å². The molecule has 0 unspecified atom stereocenters. The Labute approximate surface area is 93.3 Å². The van der Waals surface area contributed by atoms with Crippen LogP contribution >= 0.6 is 15.9 Å². The molecule has 0 saturated carbocycles. The fraction of sp³-hybridized carbons (Fsp3) is 0.167. The first-order valence-electron chi connectivity index (χ1n) is 3.47. The zero-order valence-corrected chi connectivity index (χ0v) is 8.67. The summed E-state index contributed by atoms with van der Waals surface area (Å²) in [6, 6.07) is 0.550. The average Bonchev–Trinajstić information content (AvgIpc) is 1.96. The summed E-state index contributed by atoms with van der Waals surface area (Å²) in [5.74, 6) is -2.79. The highest BCUT2D eigenvalue weighted by Crippen LogP contribution is 2.31. The van der Waals surface area contributed by atoms with Crippen molar-refractivity contribution in [3.05, 3.63) is 26.6 Å². The van der Waals surface area contributed by atoms with Crippen LogP contribution in [0.1, 0.15) is 0 Å². The number of alkyl halides is 3. The van der Waals surface area contributed by atoms with Crippen molar-refractivity contribution in [3.8, 4) is 5.88 Å². The molecule has 16 heavy (non-hydrogen) atoms. The van der Waals surface area contributed by atoms with Crippen LogP contribution in [-0.2, 0) is 0 Å². The predicted molar refractivity (Wildman–Crippen MR) is 45.2 cm³/mol. The number of halogens is 5. The molecule has 0 aliphatic carbocycles. The van der Waals surface area contributed by atoms with E-state index in [0.717, 1.165) is 0 Å². The van der Waals surface area contributed by atoms with E-state index < -0.39 is 33.3 Å². The number of hydrogen-bond donors (Lipinski definition) is 0. The topological polar surface area (TPSA) is 65.3 Å². The highest BCUT2D eigenvalue weighted by Gasteiger charge is 2.33. The van der Waals surface area contributed by atoms with Crippen molar-refractivity contribution in [1.82, 2.24) is 4.98 Å². The Kier molecular flexibility index (Phi) is 3.31. The molecule has 0 N–H and O–H groups in total. The Morgan fingerprint density at radius 1 is 1.50 bits per heavy atom. The summed E-state index contributed by atoms with van der Waals surface area (Å²) in [7, 11) is 0. The summed E-state index contributed by atoms with van der Waals surface area (Å²) in [5.41, 5.74) is -1.06. The van der Waals surface area contributed by atoms with E-state index in [9.17, 15) is 27.7 Å². The molecule has 0 bridgehead atoms. The molecule has 0 amide bonds. The van der Waals surface area contributed by atoms with Gasteiger partial charge >= 0.3 is 12.0 Å². The van der Waals surface area contributed by atoms with E-state index in [2.05, 4.69) is 25.7 Å². The quantitative estimate of drug-likeness (QED) is 0.365. The third-order valence-electron chi connectivity index (χ3n) is 1.28. The molecule has 0 radical (unpaired) electrons. The normalized spacial score (nSPS) is 11.3. The molecule has 1 aromatic heterocycles. The maximum Gasteiger partial charge on any atom is 0.574 e. The number of nitro groups is 1. The average molecular weight is 305 g/mol. The molecule has 88 valence electrons. The number of ether oxygens (including phenoxy) is 1. The van der Waals surface area contributed by atoms with Crippen LogP contribution in [0, 0.1) is 16.1 Å². The summed E-state index contributed by atoms with van der Waals surface area (Å²) in [6.45, 7) is 0. The minimum absolute atomic E-state index is 0.496. The highest BCUT2D eigenvalue weighted by atomic mass is 79.9. The second kappa shape index (κ2) is 4.20. The largest absolute Gasteiger partial charge is 0.574 e. The highest BCUT2D eigenvalue weighted by molar-refractivity contribution is 9.10. The van der Waals surface area contributed by atoms with Gasteiger partial charge in [-0.25, -0.2) is 0 Å². The van der Waals surface area contributed by atoms with E-state index in [1.165, 1.54) is 0 Å². The number of pyridine rings is 1. The third kappa shape index (κ3) is 3.02. The van der Waals surface area contributed by atoms with Crippen molar-refractivity contribution in [1.29, 1.82) is 0 Å². The maximum absolute atomic E-state index is 12.9. The van der Waals surface area contributed by atoms with Crippen LogP contribution in [0.3, 0.4) is 0 Å². The first-order valence-corrected chi connectivity index (χ1v) is 4.26. The molecule has 0 atom stereocenters. The molecular weight excluding hydrogens is 304 g/mol. The summed E-state index contributed by atoms with van der Waals surface area (Å²) >= 11 is 2.54. The fourth-order valence-electron chi connectivity index (χ4n) is 0.791. The summed E-state index contributed by atoms with van der Waals surface area (Å²) in [5, 5.41) is 10.3. The standard InChI is InChI=1S/C6HBrF4N2O3/c7-2-1-3(16-6(9,10)11)12-5(8)4(2)13(14)15/h1H. The van der Waals surface area contributed by atoms with E-state index in [4.69, 9.17) is 0 Å². The first kappa shape index (κ1) is 12.6. The predicted octanol–water partition coefficient (Wildman–Crippen LogP) is 2.79. The van der Waals surface area contributed by atoms with E-state index in [-0.39, 0.29) is 0 Å². The van der Waals surface area contributed by atoms with Gasteiger partial charge < -0.3 is 4.74 Å². The maximum atomic E-state index is 12.9. The van der Waals surface area contributed by atoms with Crippen molar-refractivity contribution in [2.24, 2.45) is 0 Å². The Morgan fingerprint density at radius 2 is 2.06 bits per heavy atom. The van der Waals surface area contributed by atoms with E-state index in [0.29, 0.717) is 6.07 Å². The van der Waals surface area contributed by atoms with Gasteiger partial charge in [0.05, 0.1) is 4.92 Å². The van der Waals surface area contributed by atoms with Gasteiger partial charge in [0.1, 0.15) is 4.47 Å². The third-order valence-corrected chi connectivity index (χ3v) is 1.89. The van der Waals surface area contributed by atoms with Crippen LogP contribution in [-0.4, -0.2) is 16.3 Å². The van der Waals surface area contributed by atoms with Gasteiger partial charge in [0.25, 0.3) is 5.95 Å². The number of nitrogens with zero attached hydrogens (tertiary/aromatic N) is 2. The van der Waals surface area contributed by atoms with E-state index in [1.54, 1.807) is 0 Å². The second-order valence-corrected chi connectivity index (χ2v) is 3.24. The molecular formula is C6HBrF4N2O3. The minimum atomic E-state index is -5.05. The van der Waals surface area contributed by atoms with Crippen molar-refractivity contribution in [2.45, 2.75) is 6.36 Å². The molecule has 1 aromatic rings. The zero-order valence-electron chi connectivity index (χ0n) is 7.09. The van der Waals surface area contributed by atoms with Crippen molar-refractivity contribution in [3.63, 3.8) is 0 Å². The van der Waals surface area contributed by atoms with Gasteiger partial charge in [0.15, 0.2) is 0 Å². The summed E-state index contributed by atoms with van der Waals surface area (Å²) in [6.07, 6.45) is -5.05. The lowest BCUT2D eigenvalue weighted by Crippen LogP contribution is -2.18. The molecule has 5 nitrogen and oxygen atoms in total. The van der Waals surface area contributed by atoms with Gasteiger partial charge in [-0.15, -0.1) is 13.2 Å². The molecule has 0 saturated heterocycles. The molecule has 10 heteroatoms. The van der Waals surface area contributed by atoms with Gasteiger partial charge in [-0.3, -0.25) is 10.1 Å². The Hall–Kier alpha value is -1.45. The Balaban J connectivity index is 3.15. The SMILES string of the molecule is O=[N+]([O-])c1c(Br)cc(OC(F)(F)F)nc1F. The van der Waals surface area contributed by atoms with Gasteiger partial charge in [0.2, 0.25) is 5.88 Å². The van der Waals surface area contributed by atoms with Crippen LogP contribution in [0.4, 0.5) is 23.2 Å². The van der Waals surface area contributed by atoms with Crippen molar-refractivity contribution >= 4 is 21.6 Å². The van der Waals surface area contributed by atoms with Crippen LogP contribution in [0.5, 0.6) is 5.88 Å². The molecule has 0 spiro atoms. The summed E-state index contributed by atoms with van der Waals surface area (Å²) < 4.78 is 50.9. The van der Waals surface area contributed by atoms with Gasteiger partial charge in [-0.05, 0) is 15.9 Å².